The summed E-state index contributed by atoms with van der Waals surface area (Å²) in [5.74, 6) is -1.08. The number of fused-ring (bicyclic) bond motifs is 3. The summed E-state index contributed by atoms with van der Waals surface area (Å²) in [7, 11) is 0. The second-order valence-corrected chi connectivity index (χ2v) is 16.5. The number of hydrogen-bond donors (Lipinski definition) is 1. The van der Waals surface area contributed by atoms with Gasteiger partial charge in [-0.3, -0.25) is 49.0 Å². The Morgan fingerprint density at radius 1 is 0.871 bits per heavy atom. The molecule has 16 nitrogen and oxygen atoms in total. The molecule has 8 heterocycles. The highest BCUT2D eigenvalue weighted by atomic mass is 16.5. The van der Waals surface area contributed by atoms with Gasteiger partial charge in [-0.2, -0.15) is 0 Å². The molecule has 16 heteroatoms. The molecule has 5 aromatic rings. The lowest BCUT2D eigenvalue weighted by Crippen LogP contribution is -2.54. The molecule has 5 aliphatic rings. The Bertz CT molecular complexity index is 2690. The number of nitrogens with one attached hydrogen (secondary N) is 1. The predicted octanol–water partition coefficient (Wildman–Crippen LogP) is 4.25. The van der Waals surface area contributed by atoms with Gasteiger partial charge in [-0.1, -0.05) is 30.3 Å². The zero-order valence-corrected chi connectivity index (χ0v) is 34.2. The largest absolute Gasteiger partial charge is 0.381 e. The Hall–Kier alpha value is -6.65. The zero-order valence-electron chi connectivity index (χ0n) is 34.2. The standard InChI is InChI=1S/C46H44N8O8/c1-26(55)51-16-17-53-38(24-51)41(50-42(53)27-13-18-61-19-14-27)32-6-2-4-28-20-36(48-22-34(28)32)29-8-9-35(47-21-29)45(59)52-15-12-31(23-52)62-25-30-5-3-7-33-40(30)46(60)54(44(33)58)37-10-11-39(56)49-43(37)57/h2-9,20-22,27,31,37H,10-19,23-25H2,1H3,(H,49,56,57)/t31-,37?/m0/s1. The molecular formula is C46H44N8O8. The fraction of sp³-hybridized carbons (Fsp3) is 0.370. The monoisotopic (exact) mass is 836 g/mol. The van der Waals surface area contributed by atoms with E-state index in [4.69, 9.17) is 19.4 Å². The fourth-order valence-corrected chi connectivity index (χ4v) is 9.48. The Balaban J connectivity index is 0.813. The van der Waals surface area contributed by atoms with E-state index in [1.54, 1.807) is 42.3 Å². The lowest BCUT2D eigenvalue weighted by Gasteiger charge is -2.30. The summed E-state index contributed by atoms with van der Waals surface area (Å²) in [6.45, 7) is 5.72. The predicted molar refractivity (Wildman–Crippen MR) is 222 cm³/mol. The van der Waals surface area contributed by atoms with Crippen LogP contribution in [-0.4, -0.2) is 115 Å². The number of ether oxygens (including phenoxy) is 2. The van der Waals surface area contributed by atoms with Crippen LogP contribution in [0.2, 0.25) is 0 Å². The van der Waals surface area contributed by atoms with Crippen molar-refractivity contribution in [2.45, 2.75) is 76.8 Å². The van der Waals surface area contributed by atoms with E-state index in [0.29, 0.717) is 75.2 Å². The van der Waals surface area contributed by atoms with Crippen molar-refractivity contribution in [3.8, 4) is 22.5 Å². The molecule has 0 aliphatic carbocycles. The van der Waals surface area contributed by atoms with Crippen LogP contribution in [0.25, 0.3) is 33.3 Å². The van der Waals surface area contributed by atoms with Crippen molar-refractivity contribution < 1.29 is 38.2 Å². The first-order valence-electron chi connectivity index (χ1n) is 21.2. The average Bonchev–Trinajstić information content (AvgIpc) is 4.00. The minimum atomic E-state index is -1.05. The first-order valence-corrected chi connectivity index (χ1v) is 21.2. The number of imide groups is 2. The van der Waals surface area contributed by atoms with Gasteiger partial charge in [0.05, 0.1) is 47.5 Å². The number of piperidine rings is 1. The number of rotatable bonds is 8. The lowest BCUT2D eigenvalue weighted by atomic mass is 9.99. The van der Waals surface area contributed by atoms with E-state index in [9.17, 15) is 28.8 Å². The van der Waals surface area contributed by atoms with Crippen LogP contribution in [0.5, 0.6) is 0 Å². The number of hydrogen-bond acceptors (Lipinski definition) is 11. The van der Waals surface area contributed by atoms with Gasteiger partial charge in [0.25, 0.3) is 17.7 Å². The number of carbonyl (C=O) groups excluding carboxylic acids is 6. The molecule has 6 amide bonds. The molecule has 3 aromatic heterocycles. The van der Waals surface area contributed by atoms with E-state index in [0.717, 1.165) is 56.9 Å². The molecule has 3 saturated heterocycles. The number of likely N-dealkylation sites (tertiary alicyclic amines) is 1. The number of pyridine rings is 2. The summed E-state index contributed by atoms with van der Waals surface area (Å²) in [5, 5.41) is 4.15. The molecule has 5 aliphatic heterocycles. The summed E-state index contributed by atoms with van der Waals surface area (Å²) in [5.41, 5.74) is 5.54. The van der Waals surface area contributed by atoms with Crippen molar-refractivity contribution in [2.24, 2.45) is 0 Å². The molecule has 62 heavy (non-hydrogen) atoms. The van der Waals surface area contributed by atoms with E-state index < -0.39 is 29.7 Å². The summed E-state index contributed by atoms with van der Waals surface area (Å²) in [4.78, 5) is 96.2. The van der Waals surface area contributed by atoms with Crippen molar-refractivity contribution >= 4 is 46.2 Å². The molecule has 10 rings (SSSR count). The number of aromatic nitrogens is 4. The Labute approximate surface area is 356 Å². The van der Waals surface area contributed by atoms with Gasteiger partial charge in [-0.05, 0) is 60.9 Å². The maximum absolute atomic E-state index is 13.6. The number of carbonyl (C=O) groups is 6. The van der Waals surface area contributed by atoms with E-state index in [-0.39, 0.29) is 48.5 Å². The van der Waals surface area contributed by atoms with Crippen LogP contribution in [0.4, 0.5) is 0 Å². The summed E-state index contributed by atoms with van der Waals surface area (Å²) >= 11 is 0. The van der Waals surface area contributed by atoms with Crippen molar-refractivity contribution in [1.82, 2.24) is 39.5 Å². The number of amides is 6. The topological polar surface area (TPSA) is 186 Å². The van der Waals surface area contributed by atoms with Gasteiger partial charge in [0.15, 0.2) is 0 Å². The maximum atomic E-state index is 13.6. The maximum Gasteiger partial charge on any atom is 0.272 e. The third-order valence-electron chi connectivity index (χ3n) is 12.8. The third kappa shape index (κ3) is 7.02. The van der Waals surface area contributed by atoms with Gasteiger partial charge >= 0.3 is 0 Å². The second kappa shape index (κ2) is 16.0. The van der Waals surface area contributed by atoms with Crippen LogP contribution >= 0.6 is 0 Å². The van der Waals surface area contributed by atoms with Crippen molar-refractivity contribution in [1.29, 1.82) is 0 Å². The normalized spacial score (nSPS) is 20.5. The molecule has 0 saturated carbocycles. The van der Waals surface area contributed by atoms with Gasteiger partial charge in [0.2, 0.25) is 17.7 Å². The van der Waals surface area contributed by atoms with Crippen LogP contribution in [0.15, 0.2) is 67.0 Å². The molecule has 3 fully saturated rings. The zero-order chi connectivity index (χ0) is 42.6. The molecule has 2 aromatic carbocycles. The van der Waals surface area contributed by atoms with Crippen molar-refractivity contribution in [2.75, 3.05) is 32.8 Å². The molecular weight excluding hydrogens is 793 g/mol. The molecule has 1 N–H and O–H groups in total. The summed E-state index contributed by atoms with van der Waals surface area (Å²) < 4.78 is 14.2. The Kier molecular flexibility index (Phi) is 10.2. The first kappa shape index (κ1) is 39.5. The fourth-order valence-electron chi connectivity index (χ4n) is 9.48. The first-order chi connectivity index (χ1) is 30.1. The quantitative estimate of drug-likeness (QED) is 0.220. The molecule has 0 spiro atoms. The molecule has 1 unspecified atom stereocenters. The van der Waals surface area contributed by atoms with E-state index in [1.807, 2.05) is 35.4 Å². The van der Waals surface area contributed by atoms with E-state index in [2.05, 4.69) is 20.9 Å². The molecule has 0 radical (unpaired) electrons. The van der Waals surface area contributed by atoms with Crippen LogP contribution in [0.1, 0.15) is 93.2 Å². The summed E-state index contributed by atoms with van der Waals surface area (Å²) in [6, 6.07) is 15.6. The minimum Gasteiger partial charge on any atom is -0.381 e. The van der Waals surface area contributed by atoms with Crippen LogP contribution in [-0.2, 0) is 43.6 Å². The van der Waals surface area contributed by atoms with Gasteiger partial charge < -0.3 is 23.8 Å². The average molecular weight is 837 g/mol. The summed E-state index contributed by atoms with van der Waals surface area (Å²) in [6.07, 6.45) is 5.73. The van der Waals surface area contributed by atoms with Gasteiger partial charge in [0.1, 0.15) is 17.6 Å². The van der Waals surface area contributed by atoms with Crippen molar-refractivity contribution in [3.63, 3.8) is 0 Å². The lowest BCUT2D eigenvalue weighted by molar-refractivity contribution is -0.136. The number of nitrogens with zero attached hydrogens (tertiary/aromatic N) is 7. The van der Waals surface area contributed by atoms with Crippen molar-refractivity contribution in [3.05, 3.63) is 101 Å². The third-order valence-corrected chi connectivity index (χ3v) is 12.8. The van der Waals surface area contributed by atoms with E-state index in [1.165, 1.54) is 0 Å². The van der Waals surface area contributed by atoms with E-state index >= 15 is 0 Å². The SMILES string of the molecule is CC(=O)N1CCn2c(C3CCOCC3)nc(-c3cccc4cc(-c5ccc(C(=O)N6CC[C@H](OCc7cccc8c7C(=O)N(C7CCC(=O)NC7=O)C8=O)C6)nc5)ncc34)c2C1. The second-order valence-electron chi connectivity index (χ2n) is 16.5. The van der Waals surface area contributed by atoms with Gasteiger partial charge in [0, 0.05) is 87.6 Å². The highest BCUT2D eigenvalue weighted by Crippen LogP contribution is 2.38. The molecule has 316 valence electrons. The van der Waals surface area contributed by atoms with Crippen LogP contribution < -0.4 is 5.32 Å². The minimum absolute atomic E-state index is 0.0332. The van der Waals surface area contributed by atoms with Crippen LogP contribution in [0.3, 0.4) is 0 Å². The number of benzene rings is 2. The molecule has 2 atom stereocenters. The molecule has 0 bridgehead atoms. The van der Waals surface area contributed by atoms with Crippen LogP contribution in [0, 0.1) is 0 Å². The number of imidazole rings is 1. The van der Waals surface area contributed by atoms with Gasteiger partial charge in [-0.25, -0.2) is 4.98 Å². The highest BCUT2D eigenvalue weighted by Gasteiger charge is 2.45. The Morgan fingerprint density at radius 3 is 2.48 bits per heavy atom. The Morgan fingerprint density at radius 2 is 1.69 bits per heavy atom. The smallest absolute Gasteiger partial charge is 0.272 e. The van der Waals surface area contributed by atoms with Gasteiger partial charge in [-0.15, -0.1) is 0 Å². The highest BCUT2D eigenvalue weighted by molar-refractivity contribution is 6.24.